The van der Waals surface area contributed by atoms with Gasteiger partial charge < -0.3 is 9.80 Å². The average Bonchev–Trinajstić information content (AvgIpc) is 3.39. The number of hydrogen-bond donors (Lipinski definition) is 0. The molecule has 0 aromatic heterocycles. The van der Waals surface area contributed by atoms with Gasteiger partial charge in [0.2, 0.25) is 0 Å². The van der Waals surface area contributed by atoms with Gasteiger partial charge in [-0.25, -0.2) is 0 Å². The van der Waals surface area contributed by atoms with E-state index in [1.54, 1.807) is 11.8 Å². The Labute approximate surface area is 207 Å². The monoisotopic (exact) mass is 474 g/mol. The average molecular weight is 475 g/mol. The highest BCUT2D eigenvalue weighted by molar-refractivity contribution is 8.04. The summed E-state index contributed by atoms with van der Waals surface area (Å²) in [5.41, 5.74) is 5.44. The van der Waals surface area contributed by atoms with Crippen LogP contribution in [0.25, 0.3) is 6.08 Å². The molecular formula is C29H34N2O2S. The Balaban J connectivity index is 1.39. The van der Waals surface area contributed by atoms with Crippen LogP contribution in [0.3, 0.4) is 0 Å². The molecule has 5 rings (SSSR count). The minimum Gasteiger partial charge on any atom is -0.339 e. The molecule has 34 heavy (non-hydrogen) atoms. The Bertz CT molecular complexity index is 1100. The summed E-state index contributed by atoms with van der Waals surface area (Å²) in [5, 5.41) is 0.457. The maximum atomic E-state index is 13.7. The standard InChI is InChI=1S/C29H34N2O2S/c1-20-9-10-21(2)24(17-20)19-31-25-7-3-4-8-26(25)34-27(29(31)33)18-22-11-13-23(14-12-22)28(32)30-15-5-6-16-30/h9-14,17-18,25-26H,3-8,15-16,19H2,1-2H3/b27-18+. The summed E-state index contributed by atoms with van der Waals surface area (Å²) in [6.45, 7) is 6.64. The highest BCUT2D eigenvalue weighted by atomic mass is 32.2. The molecule has 1 aliphatic carbocycles. The molecule has 0 radical (unpaired) electrons. The highest BCUT2D eigenvalue weighted by Crippen LogP contribution is 2.43. The van der Waals surface area contributed by atoms with Crippen LogP contribution in [-0.2, 0) is 11.3 Å². The molecule has 0 N–H and O–H groups in total. The lowest BCUT2D eigenvalue weighted by Crippen LogP contribution is -2.50. The number of carbonyl (C=O) groups is 2. The van der Waals surface area contributed by atoms with E-state index < -0.39 is 0 Å². The van der Waals surface area contributed by atoms with Crippen LogP contribution in [-0.4, -0.2) is 46.0 Å². The second-order valence-electron chi connectivity index (χ2n) is 10.0. The topological polar surface area (TPSA) is 40.6 Å². The van der Waals surface area contributed by atoms with Crippen LogP contribution in [0.5, 0.6) is 0 Å². The first kappa shape index (κ1) is 23.2. The summed E-state index contributed by atoms with van der Waals surface area (Å²) in [4.78, 5) is 31.3. The summed E-state index contributed by atoms with van der Waals surface area (Å²) in [5.74, 6) is 0.260. The van der Waals surface area contributed by atoms with Crippen molar-refractivity contribution in [1.82, 2.24) is 9.80 Å². The number of amides is 2. The number of fused-ring (bicyclic) bond motifs is 1. The maximum Gasteiger partial charge on any atom is 0.260 e. The first-order chi connectivity index (χ1) is 16.5. The number of carbonyl (C=O) groups excluding carboxylic acids is 2. The van der Waals surface area contributed by atoms with Gasteiger partial charge in [-0.2, -0.15) is 0 Å². The number of rotatable bonds is 4. The molecule has 178 valence electrons. The molecular weight excluding hydrogens is 440 g/mol. The van der Waals surface area contributed by atoms with Crippen molar-refractivity contribution in [3.05, 3.63) is 75.2 Å². The molecule has 1 saturated carbocycles. The fraction of sp³-hybridized carbons (Fsp3) is 0.448. The van der Waals surface area contributed by atoms with E-state index in [0.717, 1.165) is 54.8 Å². The Morgan fingerprint density at radius 2 is 1.74 bits per heavy atom. The van der Waals surface area contributed by atoms with Gasteiger partial charge in [0, 0.05) is 36.5 Å². The third kappa shape index (κ3) is 4.81. The van der Waals surface area contributed by atoms with Crippen LogP contribution in [0.15, 0.2) is 47.4 Å². The zero-order valence-electron chi connectivity index (χ0n) is 20.3. The van der Waals surface area contributed by atoms with Gasteiger partial charge in [-0.15, -0.1) is 11.8 Å². The third-order valence-electron chi connectivity index (χ3n) is 7.51. The van der Waals surface area contributed by atoms with Crippen molar-refractivity contribution in [2.24, 2.45) is 0 Å². The molecule has 2 amide bonds. The van der Waals surface area contributed by atoms with Gasteiger partial charge in [-0.3, -0.25) is 9.59 Å². The summed E-state index contributed by atoms with van der Waals surface area (Å²) in [7, 11) is 0. The molecule has 5 heteroatoms. The molecule has 4 nitrogen and oxygen atoms in total. The minimum absolute atomic E-state index is 0.115. The van der Waals surface area contributed by atoms with Crippen molar-refractivity contribution in [2.75, 3.05) is 13.1 Å². The van der Waals surface area contributed by atoms with E-state index in [1.165, 1.54) is 29.5 Å². The largest absolute Gasteiger partial charge is 0.339 e. The van der Waals surface area contributed by atoms with Crippen LogP contribution in [0.1, 0.15) is 71.1 Å². The number of nitrogens with zero attached hydrogens (tertiary/aromatic N) is 2. The molecule has 3 fully saturated rings. The predicted molar refractivity (Wildman–Crippen MR) is 140 cm³/mol. The summed E-state index contributed by atoms with van der Waals surface area (Å²) in [6, 6.07) is 14.6. The van der Waals surface area contributed by atoms with E-state index in [4.69, 9.17) is 0 Å². The van der Waals surface area contributed by atoms with Gasteiger partial charge in [-0.1, -0.05) is 48.7 Å². The molecule has 0 bridgehead atoms. The normalized spacial score (nSPS) is 23.9. The maximum absolute atomic E-state index is 13.7. The molecule has 0 spiro atoms. The molecule has 2 aromatic carbocycles. The smallest absolute Gasteiger partial charge is 0.260 e. The lowest BCUT2D eigenvalue weighted by molar-refractivity contribution is -0.130. The van der Waals surface area contributed by atoms with Gasteiger partial charge in [0.15, 0.2) is 0 Å². The lowest BCUT2D eigenvalue weighted by Gasteiger charge is -2.44. The van der Waals surface area contributed by atoms with Crippen LogP contribution >= 0.6 is 11.8 Å². The summed E-state index contributed by atoms with van der Waals surface area (Å²) < 4.78 is 0. The van der Waals surface area contributed by atoms with Gasteiger partial charge in [-0.05, 0) is 74.4 Å². The number of thioether (sulfide) groups is 1. The second kappa shape index (κ2) is 9.99. The molecule has 2 atom stereocenters. The van der Waals surface area contributed by atoms with Gasteiger partial charge in [0.1, 0.15) is 0 Å². The fourth-order valence-corrected chi connectivity index (χ4v) is 6.96. The van der Waals surface area contributed by atoms with E-state index in [1.807, 2.05) is 35.2 Å². The van der Waals surface area contributed by atoms with Crippen molar-refractivity contribution < 1.29 is 9.59 Å². The van der Waals surface area contributed by atoms with Crippen molar-refractivity contribution in [2.45, 2.75) is 70.2 Å². The van der Waals surface area contributed by atoms with E-state index in [2.05, 4.69) is 36.9 Å². The van der Waals surface area contributed by atoms with Crippen molar-refractivity contribution in [3.63, 3.8) is 0 Å². The quantitative estimate of drug-likeness (QED) is 0.513. The van der Waals surface area contributed by atoms with E-state index >= 15 is 0 Å². The summed E-state index contributed by atoms with van der Waals surface area (Å²) in [6.07, 6.45) is 8.90. The van der Waals surface area contributed by atoms with Crippen molar-refractivity contribution in [3.8, 4) is 0 Å². The van der Waals surface area contributed by atoms with E-state index in [-0.39, 0.29) is 11.8 Å². The Morgan fingerprint density at radius 1 is 1.00 bits per heavy atom. The third-order valence-corrected chi connectivity index (χ3v) is 8.91. The lowest BCUT2D eigenvalue weighted by atomic mass is 9.92. The number of likely N-dealkylation sites (tertiary alicyclic amines) is 1. The Hall–Kier alpha value is -2.53. The minimum atomic E-state index is 0.115. The highest BCUT2D eigenvalue weighted by Gasteiger charge is 2.40. The zero-order chi connectivity index (χ0) is 23.7. The first-order valence-electron chi connectivity index (χ1n) is 12.6. The fourth-order valence-electron chi connectivity index (χ4n) is 5.49. The van der Waals surface area contributed by atoms with Crippen molar-refractivity contribution in [1.29, 1.82) is 0 Å². The summed E-state index contributed by atoms with van der Waals surface area (Å²) >= 11 is 1.77. The van der Waals surface area contributed by atoms with E-state index in [9.17, 15) is 9.59 Å². The number of hydrogen-bond acceptors (Lipinski definition) is 3. The SMILES string of the molecule is Cc1ccc(C)c(CN2C(=O)/C(=C\c3ccc(C(=O)N4CCCC4)cc3)SC3CCCCC32)c1. The van der Waals surface area contributed by atoms with Crippen LogP contribution in [0.4, 0.5) is 0 Å². The van der Waals surface area contributed by atoms with Gasteiger partial charge in [0.05, 0.1) is 4.91 Å². The molecule has 2 heterocycles. The van der Waals surface area contributed by atoms with Gasteiger partial charge in [0.25, 0.3) is 11.8 Å². The second-order valence-corrected chi connectivity index (χ2v) is 11.3. The molecule has 3 aliphatic rings. The molecule has 2 saturated heterocycles. The van der Waals surface area contributed by atoms with Crippen LogP contribution in [0.2, 0.25) is 0 Å². The number of aryl methyl sites for hydroxylation is 2. The molecule has 2 aromatic rings. The van der Waals surface area contributed by atoms with Gasteiger partial charge >= 0.3 is 0 Å². The first-order valence-corrected chi connectivity index (χ1v) is 13.5. The zero-order valence-corrected chi connectivity index (χ0v) is 21.1. The van der Waals surface area contributed by atoms with Crippen LogP contribution in [0, 0.1) is 13.8 Å². The van der Waals surface area contributed by atoms with E-state index in [0.29, 0.717) is 17.8 Å². The molecule has 2 aliphatic heterocycles. The number of benzene rings is 2. The molecule has 2 unspecified atom stereocenters. The van der Waals surface area contributed by atoms with Crippen molar-refractivity contribution >= 4 is 29.7 Å². The Morgan fingerprint density at radius 3 is 2.50 bits per heavy atom. The van der Waals surface area contributed by atoms with Crippen LogP contribution < -0.4 is 0 Å². The predicted octanol–water partition coefficient (Wildman–Crippen LogP) is 5.97. The Kier molecular flexibility index (Phi) is 6.82.